The quantitative estimate of drug-likeness (QED) is 0.363. The fourth-order valence-corrected chi connectivity index (χ4v) is 3.30. The minimum atomic E-state index is -0.886. The molecule has 0 heterocycles. The molecule has 0 aromatic rings. The number of nitrogens with two attached hydrogens (primary N) is 1. The molecule has 9 heteroatoms. The van der Waals surface area contributed by atoms with Crippen molar-refractivity contribution in [2.24, 2.45) is 5.73 Å². The van der Waals surface area contributed by atoms with Gasteiger partial charge in [-0.05, 0) is 46.5 Å². The maximum absolute atomic E-state index is 13.6. The molecular weight excluding hydrogens is 414 g/mol. The Kier molecular flexibility index (Phi) is 14.4. The maximum atomic E-state index is 13.6. The van der Waals surface area contributed by atoms with Crippen molar-refractivity contribution in [1.82, 2.24) is 10.2 Å². The average molecular weight is 458 g/mol. The second-order valence-electron chi connectivity index (χ2n) is 9.02. The van der Waals surface area contributed by atoms with Crippen molar-refractivity contribution in [2.75, 3.05) is 13.7 Å². The van der Waals surface area contributed by atoms with Crippen molar-refractivity contribution in [3.05, 3.63) is 0 Å². The van der Waals surface area contributed by atoms with Crippen LogP contribution in [0.3, 0.4) is 0 Å². The lowest BCUT2D eigenvalue weighted by atomic mass is 10.0. The topological polar surface area (TPSA) is 128 Å². The lowest BCUT2D eigenvalue weighted by Gasteiger charge is -2.35. The van der Waals surface area contributed by atoms with E-state index in [-0.39, 0.29) is 37.2 Å². The van der Waals surface area contributed by atoms with Crippen LogP contribution < -0.4 is 11.1 Å². The molecule has 0 aliphatic rings. The molecule has 0 saturated carbocycles. The standard InChI is InChI=1S/C23H43N3O6/c1-7-9-12-17(16-19(24)27)26(15-10-8-2)21(29)18(13-11-14-20(28)31-6)25-22(30)32-23(3,4)5/h17-18H,7-16H2,1-6H3,(H2,24,27)(H,25,30)/t17-,18-/m0/s1. The Hall–Kier alpha value is -2.32. The number of nitrogens with zero attached hydrogens (tertiary/aromatic N) is 1. The molecule has 0 fully saturated rings. The summed E-state index contributed by atoms with van der Waals surface area (Å²) in [5.41, 5.74) is 4.75. The zero-order valence-corrected chi connectivity index (χ0v) is 20.7. The number of alkyl carbamates (subject to hydrolysis) is 1. The van der Waals surface area contributed by atoms with Crippen LogP contribution in [-0.4, -0.2) is 60.1 Å². The van der Waals surface area contributed by atoms with Crippen molar-refractivity contribution in [1.29, 1.82) is 0 Å². The van der Waals surface area contributed by atoms with Gasteiger partial charge in [0, 0.05) is 25.4 Å². The van der Waals surface area contributed by atoms with E-state index in [1.54, 1.807) is 25.7 Å². The van der Waals surface area contributed by atoms with Gasteiger partial charge in [-0.3, -0.25) is 14.4 Å². The fraction of sp³-hybridized carbons (Fsp3) is 0.826. The number of unbranched alkanes of at least 4 members (excludes halogenated alkanes) is 2. The number of esters is 1. The number of hydrogen-bond donors (Lipinski definition) is 2. The molecule has 3 amide bonds. The molecule has 0 aliphatic carbocycles. The van der Waals surface area contributed by atoms with Gasteiger partial charge in [0.25, 0.3) is 0 Å². The largest absolute Gasteiger partial charge is 0.469 e. The zero-order valence-electron chi connectivity index (χ0n) is 20.7. The molecule has 2 atom stereocenters. The summed E-state index contributed by atoms with van der Waals surface area (Å²) in [4.78, 5) is 50.9. The van der Waals surface area contributed by atoms with Crippen molar-refractivity contribution in [2.45, 2.75) is 110 Å². The van der Waals surface area contributed by atoms with Gasteiger partial charge in [0.2, 0.25) is 11.8 Å². The van der Waals surface area contributed by atoms with Gasteiger partial charge in [-0.25, -0.2) is 4.79 Å². The molecule has 0 rings (SSSR count). The fourth-order valence-electron chi connectivity index (χ4n) is 3.30. The Bertz CT molecular complexity index is 603. The zero-order chi connectivity index (χ0) is 24.7. The van der Waals surface area contributed by atoms with Gasteiger partial charge in [-0.2, -0.15) is 0 Å². The first-order chi connectivity index (χ1) is 14.9. The Labute approximate surface area is 192 Å². The van der Waals surface area contributed by atoms with Gasteiger partial charge in [-0.15, -0.1) is 0 Å². The van der Waals surface area contributed by atoms with Gasteiger partial charge in [0.15, 0.2) is 0 Å². The van der Waals surface area contributed by atoms with Crippen LogP contribution in [0.15, 0.2) is 0 Å². The van der Waals surface area contributed by atoms with E-state index in [2.05, 4.69) is 10.1 Å². The van der Waals surface area contributed by atoms with Crippen LogP contribution in [0.25, 0.3) is 0 Å². The molecule has 0 aliphatic heterocycles. The Morgan fingerprint density at radius 1 is 1.00 bits per heavy atom. The van der Waals surface area contributed by atoms with Crippen LogP contribution in [0.2, 0.25) is 0 Å². The molecule has 0 radical (unpaired) electrons. The number of carbonyl (C=O) groups excluding carboxylic acids is 4. The highest BCUT2D eigenvalue weighted by molar-refractivity contribution is 5.86. The van der Waals surface area contributed by atoms with E-state index < -0.39 is 23.6 Å². The smallest absolute Gasteiger partial charge is 0.408 e. The summed E-state index contributed by atoms with van der Waals surface area (Å²) in [6, 6.07) is -1.22. The second kappa shape index (κ2) is 15.5. The predicted molar refractivity (Wildman–Crippen MR) is 123 cm³/mol. The Balaban J connectivity index is 5.71. The van der Waals surface area contributed by atoms with Crippen LogP contribution in [-0.2, 0) is 23.9 Å². The van der Waals surface area contributed by atoms with Crippen LogP contribution in [0, 0.1) is 0 Å². The molecule has 0 spiro atoms. The van der Waals surface area contributed by atoms with E-state index in [1.165, 1.54) is 7.11 Å². The number of amides is 3. The number of rotatable bonds is 15. The minimum absolute atomic E-state index is 0.0662. The lowest BCUT2D eigenvalue weighted by molar-refractivity contribution is -0.141. The summed E-state index contributed by atoms with van der Waals surface area (Å²) in [5, 5.41) is 2.67. The van der Waals surface area contributed by atoms with Crippen LogP contribution >= 0.6 is 0 Å². The number of methoxy groups -OCH3 is 1. The third kappa shape index (κ3) is 13.2. The molecule has 9 nitrogen and oxygen atoms in total. The monoisotopic (exact) mass is 457 g/mol. The summed E-state index contributed by atoms with van der Waals surface area (Å²) in [6.07, 6.45) is 4.14. The first kappa shape index (κ1) is 29.7. The third-order valence-electron chi connectivity index (χ3n) is 4.89. The van der Waals surface area contributed by atoms with Crippen LogP contribution in [0.5, 0.6) is 0 Å². The summed E-state index contributed by atoms with van der Waals surface area (Å²) < 4.78 is 10.00. The molecule has 0 saturated heterocycles. The predicted octanol–water partition coefficient (Wildman–Crippen LogP) is 3.29. The summed E-state index contributed by atoms with van der Waals surface area (Å²) in [5.74, 6) is -1.15. The van der Waals surface area contributed by atoms with Gasteiger partial charge in [0.05, 0.1) is 7.11 Å². The lowest BCUT2D eigenvalue weighted by Crippen LogP contribution is -2.53. The summed E-state index contributed by atoms with van der Waals surface area (Å²) in [6.45, 7) is 9.73. The number of hydrogen-bond acceptors (Lipinski definition) is 6. The van der Waals surface area contributed by atoms with Gasteiger partial charge < -0.3 is 25.4 Å². The molecule has 0 aromatic heterocycles. The molecule has 186 valence electrons. The Morgan fingerprint density at radius 3 is 2.12 bits per heavy atom. The van der Waals surface area contributed by atoms with Crippen molar-refractivity contribution in [3.63, 3.8) is 0 Å². The third-order valence-corrected chi connectivity index (χ3v) is 4.89. The molecular formula is C23H43N3O6. The second-order valence-corrected chi connectivity index (χ2v) is 9.02. The van der Waals surface area contributed by atoms with E-state index in [4.69, 9.17) is 10.5 Å². The molecule has 0 aromatic carbocycles. The molecule has 32 heavy (non-hydrogen) atoms. The normalized spacial score (nSPS) is 13.1. The summed E-state index contributed by atoms with van der Waals surface area (Å²) >= 11 is 0. The van der Waals surface area contributed by atoms with Crippen LogP contribution in [0.4, 0.5) is 4.79 Å². The van der Waals surface area contributed by atoms with E-state index in [9.17, 15) is 19.2 Å². The average Bonchev–Trinajstić information content (AvgIpc) is 2.69. The summed E-state index contributed by atoms with van der Waals surface area (Å²) in [7, 11) is 1.30. The van der Waals surface area contributed by atoms with E-state index in [0.717, 1.165) is 25.7 Å². The van der Waals surface area contributed by atoms with Crippen molar-refractivity contribution < 1.29 is 28.7 Å². The van der Waals surface area contributed by atoms with Gasteiger partial charge in [-0.1, -0.05) is 33.1 Å². The molecule has 0 bridgehead atoms. The van der Waals surface area contributed by atoms with Crippen molar-refractivity contribution in [3.8, 4) is 0 Å². The number of primary amides is 1. The first-order valence-corrected chi connectivity index (χ1v) is 11.6. The van der Waals surface area contributed by atoms with Gasteiger partial charge >= 0.3 is 12.1 Å². The number of ether oxygens (including phenoxy) is 2. The van der Waals surface area contributed by atoms with E-state index >= 15 is 0 Å². The minimum Gasteiger partial charge on any atom is -0.469 e. The highest BCUT2D eigenvalue weighted by Gasteiger charge is 2.32. The van der Waals surface area contributed by atoms with Crippen LogP contribution in [0.1, 0.15) is 92.4 Å². The molecule has 3 N–H and O–H groups in total. The maximum Gasteiger partial charge on any atom is 0.408 e. The van der Waals surface area contributed by atoms with Crippen molar-refractivity contribution >= 4 is 23.9 Å². The number of nitrogens with one attached hydrogen (secondary N) is 1. The first-order valence-electron chi connectivity index (χ1n) is 11.6. The van der Waals surface area contributed by atoms with E-state index in [1.807, 2.05) is 13.8 Å². The highest BCUT2D eigenvalue weighted by Crippen LogP contribution is 2.18. The highest BCUT2D eigenvalue weighted by atomic mass is 16.6. The number of carbonyl (C=O) groups is 4. The molecule has 0 unspecified atom stereocenters. The Morgan fingerprint density at radius 2 is 1.62 bits per heavy atom. The SMILES string of the molecule is CCCC[C@@H](CC(N)=O)N(CCCC)C(=O)[C@H](CCCC(=O)OC)NC(=O)OC(C)(C)C. The van der Waals surface area contributed by atoms with E-state index in [0.29, 0.717) is 19.4 Å². The van der Waals surface area contributed by atoms with Gasteiger partial charge in [0.1, 0.15) is 11.6 Å².